The Balaban J connectivity index is 2.06. The molecule has 1 saturated heterocycles. The van der Waals surface area contributed by atoms with Crippen molar-refractivity contribution in [1.82, 2.24) is 4.90 Å². The largest absolute Gasteiger partial charge is 0.497 e. The fourth-order valence-electron chi connectivity index (χ4n) is 2.34. The third-order valence-electron chi connectivity index (χ3n) is 3.33. The molecule has 1 heterocycles. The maximum atomic E-state index is 9.01. The summed E-state index contributed by atoms with van der Waals surface area (Å²) in [6.45, 7) is 2.82. The number of piperidine rings is 1. The molecule has 1 atom stereocenters. The van der Waals surface area contributed by atoms with Crippen LogP contribution >= 0.6 is 15.9 Å². The number of nitrogens with zero attached hydrogens (tertiary/aromatic N) is 2. The van der Waals surface area contributed by atoms with Gasteiger partial charge < -0.3 is 4.74 Å². The summed E-state index contributed by atoms with van der Waals surface area (Å²) in [6, 6.07) is 8.39. The SMILES string of the molecule is COc1ccc(Br)c(CN2CCCC(C#N)C2)c1. The van der Waals surface area contributed by atoms with E-state index in [0.717, 1.165) is 42.7 Å². The van der Waals surface area contributed by atoms with Crippen molar-refractivity contribution in [3.63, 3.8) is 0 Å². The van der Waals surface area contributed by atoms with E-state index in [9.17, 15) is 0 Å². The lowest BCUT2D eigenvalue weighted by Gasteiger charge is -2.29. The van der Waals surface area contributed by atoms with Crippen LogP contribution < -0.4 is 4.74 Å². The van der Waals surface area contributed by atoms with Gasteiger partial charge in [0, 0.05) is 17.6 Å². The number of methoxy groups -OCH3 is 1. The molecule has 4 heteroatoms. The third-order valence-corrected chi connectivity index (χ3v) is 4.11. The average molecular weight is 309 g/mol. The van der Waals surface area contributed by atoms with Crippen LogP contribution in [-0.4, -0.2) is 25.1 Å². The van der Waals surface area contributed by atoms with Crippen LogP contribution in [0.15, 0.2) is 22.7 Å². The van der Waals surface area contributed by atoms with Gasteiger partial charge in [-0.2, -0.15) is 5.26 Å². The molecule has 0 aromatic heterocycles. The normalized spacial score (nSPS) is 20.4. The first kappa shape index (κ1) is 13.4. The molecule has 18 heavy (non-hydrogen) atoms. The van der Waals surface area contributed by atoms with Crippen LogP contribution in [0.1, 0.15) is 18.4 Å². The fraction of sp³-hybridized carbons (Fsp3) is 0.500. The second-order valence-corrected chi connectivity index (χ2v) is 5.52. The van der Waals surface area contributed by atoms with Crippen molar-refractivity contribution in [3.8, 4) is 11.8 Å². The summed E-state index contributed by atoms with van der Waals surface area (Å²) in [6.07, 6.45) is 2.14. The Morgan fingerprint density at radius 1 is 1.56 bits per heavy atom. The van der Waals surface area contributed by atoms with Gasteiger partial charge in [-0.15, -0.1) is 0 Å². The zero-order valence-corrected chi connectivity index (χ0v) is 12.1. The number of nitriles is 1. The van der Waals surface area contributed by atoms with Gasteiger partial charge in [-0.1, -0.05) is 15.9 Å². The van der Waals surface area contributed by atoms with Gasteiger partial charge in [0.2, 0.25) is 0 Å². The van der Waals surface area contributed by atoms with Crippen LogP contribution in [0, 0.1) is 17.2 Å². The predicted molar refractivity (Wildman–Crippen MR) is 74.3 cm³/mol. The molecule has 1 aromatic rings. The Morgan fingerprint density at radius 2 is 2.39 bits per heavy atom. The number of hydrogen-bond donors (Lipinski definition) is 0. The van der Waals surface area contributed by atoms with Gasteiger partial charge in [0.15, 0.2) is 0 Å². The van der Waals surface area contributed by atoms with E-state index in [0.29, 0.717) is 0 Å². The molecule has 1 aliphatic heterocycles. The molecule has 0 saturated carbocycles. The fourth-order valence-corrected chi connectivity index (χ4v) is 2.72. The first-order chi connectivity index (χ1) is 8.72. The lowest BCUT2D eigenvalue weighted by Crippen LogP contribution is -2.34. The Kier molecular flexibility index (Phi) is 4.62. The molecule has 96 valence electrons. The maximum Gasteiger partial charge on any atom is 0.119 e. The molecule has 0 aliphatic carbocycles. The van der Waals surface area contributed by atoms with Gasteiger partial charge in [0.25, 0.3) is 0 Å². The lowest BCUT2D eigenvalue weighted by molar-refractivity contribution is 0.191. The van der Waals surface area contributed by atoms with Crippen LogP contribution in [0.3, 0.4) is 0 Å². The van der Waals surface area contributed by atoms with Crippen LogP contribution in [0.5, 0.6) is 5.75 Å². The van der Waals surface area contributed by atoms with Gasteiger partial charge in [-0.3, -0.25) is 4.90 Å². The molecule has 0 radical (unpaired) electrons. The lowest BCUT2D eigenvalue weighted by atomic mass is 9.99. The first-order valence-corrected chi connectivity index (χ1v) is 6.96. The predicted octanol–water partition coefficient (Wildman–Crippen LogP) is 3.19. The van der Waals surface area contributed by atoms with Gasteiger partial charge in [0.05, 0.1) is 19.1 Å². The minimum absolute atomic E-state index is 0.183. The van der Waals surface area contributed by atoms with E-state index in [1.165, 1.54) is 5.56 Å². The van der Waals surface area contributed by atoms with E-state index in [1.807, 2.05) is 12.1 Å². The molecule has 1 fully saturated rings. The molecule has 1 unspecified atom stereocenters. The number of rotatable bonds is 3. The van der Waals surface area contributed by atoms with E-state index < -0.39 is 0 Å². The zero-order valence-electron chi connectivity index (χ0n) is 10.5. The highest BCUT2D eigenvalue weighted by atomic mass is 79.9. The minimum Gasteiger partial charge on any atom is -0.497 e. The van der Waals surface area contributed by atoms with Crippen LogP contribution in [-0.2, 0) is 6.54 Å². The number of ether oxygens (including phenoxy) is 1. The van der Waals surface area contributed by atoms with Crippen molar-refractivity contribution >= 4 is 15.9 Å². The molecule has 0 bridgehead atoms. The summed E-state index contributed by atoms with van der Waals surface area (Å²) in [4.78, 5) is 2.34. The summed E-state index contributed by atoms with van der Waals surface area (Å²) < 4.78 is 6.35. The van der Waals surface area contributed by atoms with E-state index in [-0.39, 0.29) is 5.92 Å². The highest BCUT2D eigenvalue weighted by Gasteiger charge is 2.20. The van der Waals surface area contributed by atoms with E-state index in [2.05, 4.69) is 33.0 Å². The maximum absolute atomic E-state index is 9.01. The molecular weight excluding hydrogens is 292 g/mol. The van der Waals surface area contributed by atoms with E-state index >= 15 is 0 Å². The van der Waals surface area contributed by atoms with Crippen molar-refractivity contribution < 1.29 is 4.74 Å². The standard InChI is InChI=1S/C14H17BrN2O/c1-18-13-4-5-14(15)12(7-13)10-17-6-2-3-11(8-16)9-17/h4-5,7,11H,2-3,6,9-10H2,1H3. The summed E-state index contributed by atoms with van der Waals surface area (Å²) in [5.74, 6) is 1.06. The molecule has 2 rings (SSSR count). The quantitative estimate of drug-likeness (QED) is 0.860. The summed E-state index contributed by atoms with van der Waals surface area (Å²) in [5, 5.41) is 9.01. The first-order valence-electron chi connectivity index (χ1n) is 6.17. The number of benzene rings is 1. The van der Waals surface area contributed by atoms with Crippen molar-refractivity contribution in [2.45, 2.75) is 19.4 Å². The summed E-state index contributed by atoms with van der Waals surface area (Å²) in [5.41, 5.74) is 1.22. The Bertz CT molecular complexity index is 456. The van der Waals surface area contributed by atoms with Crippen molar-refractivity contribution in [3.05, 3.63) is 28.2 Å². The number of hydrogen-bond acceptors (Lipinski definition) is 3. The summed E-state index contributed by atoms with van der Waals surface area (Å²) in [7, 11) is 1.68. The van der Waals surface area contributed by atoms with Gasteiger partial charge >= 0.3 is 0 Å². The highest BCUT2D eigenvalue weighted by molar-refractivity contribution is 9.10. The summed E-state index contributed by atoms with van der Waals surface area (Å²) >= 11 is 3.57. The van der Waals surface area contributed by atoms with Gasteiger partial charge in [-0.05, 0) is 43.1 Å². The topological polar surface area (TPSA) is 36.3 Å². The average Bonchev–Trinajstić information content (AvgIpc) is 2.41. The van der Waals surface area contributed by atoms with E-state index in [1.54, 1.807) is 7.11 Å². The Labute approximate surface area is 116 Å². The van der Waals surface area contributed by atoms with Crippen LogP contribution in [0.4, 0.5) is 0 Å². The van der Waals surface area contributed by atoms with Crippen molar-refractivity contribution in [2.24, 2.45) is 5.92 Å². The monoisotopic (exact) mass is 308 g/mol. The van der Waals surface area contributed by atoms with Crippen LogP contribution in [0.25, 0.3) is 0 Å². The molecule has 1 aliphatic rings. The molecule has 3 nitrogen and oxygen atoms in total. The number of likely N-dealkylation sites (tertiary alicyclic amines) is 1. The molecule has 0 N–H and O–H groups in total. The third kappa shape index (κ3) is 3.24. The van der Waals surface area contributed by atoms with Gasteiger partial charge in [0.1, 0.15) is 5.75 Å². The van der Waals surface area contributed by atoms with Crippen molar-refractivity contribution in [1.29, 1.82) is 5.26 Å². The highest BCUT2D eigenvalue weighted by Crippen LogP contribution is 2.25. The minimum atomic E-state index is 0.183. The number of halogens is 1. The smallest absolute Gasteiger partial charge is 0.119 e. The molecule has 1 aromatic carbocycles. The van der Waals surface area contributed by atoms with Crippen molar-refractivity contribution in [2.75, 3.05) is 20.2 Å². The van der Waals surface area contributed by atoms with E-state index in [4.69, 9.17) is 10.00 Å². The molecular formula is C14H17BrN2O. The Hall–Kier alpha value is -1.05. The molecule has 0 spiro atoms. The zero-order chi connectivity index (χ0) is 13.0. The second-order valence-electron chi connectivity index (χ2n) is 4.66. The Morgan fingerprint density at radius 3 is 3.11 bits per heavy atom. The van der Waals surface area contributed by atoms with Crippen LogP contribution in [0.2, 0.25) is 0 Å². The van der Waals surface area contributed by atoms with Gasteiger partial charge in [-0.25, -0.2) is 0 Å². The molecule has 0 amide bonds. The second kappa shape index (κ2) is 6.21.